The highest BCUT2D eigenvalue weighted by Crippen LogP contribution is 2.29. The van der Waals surface area contributed by atoms with Gasteiger partial charge in [0.25, 0.3) is 0 Å². The summed E-state index contributed by atoms with van der Waals surface area (Å²) in [6.45, 7) is 5.69. The zero-order chi connectivity index (χ0) is 13.1. The smallest absolute Gasteiger partial charge is 0.225 e. The van der Waals surface area contributed by atoms with Gasteiger partial charge in [0, 0.05) is 18.5 Å². The van der Waals surface area contributed by atoms with Gasteiger partial charge < -0.3 is 10.1 Å². The number of ether oxygens (including phenoxy) is 1. The Labute approximate surface area is 115 Å². The number of hydrogen-bond acceptors (Lipinski definition) is 5. The predicted octanol–water partition coefficient (Wildman–Crippen LogP) is 3.35. The van der Waals surface area contributed by atoms with E-state index in [1.807, 2.05) is 0 Å². The number of thiophene rings is 1. The Morgan fingerprint density at radius 1 is 1.50 bits per heavy atom. The summed E-state index contributed by atoms with van der Waals surface area (Å²) in [5, 5.41) is 4.63. The van der Waals surface area contributed by atoms with Crippen LogP contribution in [-0.2, 0) is 4.74 Å². The van der Waals surface area contributed by atoms with Crippen molar-refractivity contribution in [3.8, 4) is 0 Å². The average Bonchev–Trinajstić information content (AvgIpc) is 2.66. The van der Waals surface area contributed by atoms with Crippen LogP contribution in [0.3, 0.4) is 0 Å². The fourth-order valence-electron chi connectivity index (χ4n) is 1.77. The molecule has 0 aliphatic carbocycles. The Morgan fingerprint density at radius 3 is 3.00 bits per heavy atom. The SMILES string of the molecule is COCC(C)CNc1nc(Cl)nc2sc(C)cc12. The van der Waals surface area contributed by atoms with Gasteiger partial charge in [0.1, 0.15) is 10.6 Å². The Hall–Kier alpha value is -0.910. The molecule has 1 N–H and O–H groups in total. The van der Waals surface area contributed by atoms with E-state index in [4.69, 9.17) is 16.3 Å². The number of fused-ring (bicyclic) bond motifs is 1. The van der Waals surface area contributed by atoms with E-state index >= 15 is 0 Å². The molecule has 98 valence electrons. The molecule has 0 aliphatic heterocycles. The molecule has 1 unspecified atom stereocenters. The van der Waals surface area contributed by atoms with Crippen molar-refractivity contribution >= 4 is 39.0 Å². The van der Waals surface area contributed by atoms with Crippen molar-refractivity contribution in [2.75, 3.05) is 25.6 Å². The second kappa shape index (κ2) is 5.82. The molecular weight excluding hydrogens is 270 g/mol. The van der Waals surface area contributed by atoms with Gasteiger partial charge >= 0.3 is 0 Å². The summed E-state index contributed by atoms with van der Waals surface area (Å²) in [5.74, 6) is 1.22. The lowest BCUT2D eigenvalue weighted by Crippen LogP contribution is -2.16. The molecule has 6 heteroatoms. The van der Waals surface area contributed by atoms with Gasteiger partial charge in [-0.25, -0.2) is 9.97 Å². The Bertz CT molecular complexity index is 543. The number of rotatable bonds is 5. The third-order valence-electron chi connectivity index (χ3n) is 2.56. The molecule has 1 atom stereocenters. The van der Waals surface area contributed by atoms with Crippen LogP contribution < -0.4 is 5.32 Å². The monoisotopic (exact) mass is 285 g/mol. The number of halogens is 1. The molecule has 2 heterocycles. The van der Waals surface area contributed by atoms with Crippen LogP contribution in [-0.4, -0.2) is 30.2 Å². The zero-order valence-corrected chi connectivity index (χ0v) is 12.2. The van der Waals surface area contributed by atoms with E-state index in [-0.39, 0.29) is 5.28 Å². The first-order valence-electron chi connectivity index (χ1n) is 5.76. The van der Waals surface area contributed by atoms with Gasteiger partial charge in [-0.1, -0.05) is 6.92 Å². The topological polar surface area (TPSA) is 47.0 Å². The van der Waals surface area contributed by atoms with Gasteiger partial charge in [-0.05, 0) is 30.5 Å². The fraction of sp³-hybridized carbons (Fsp3) is 0.500. The first kappa shape index (κ1) is 13.5. The quantitative estimate of drug-likeness (QED) is 0.856. The van der Waals surface area contributed by atoms with Crippen LogP contribution in [0.4, 0.5) is 5.82 Å². The highest BCUT2D eigenvalue weighted by Gasteiger charge is 2.10. The average molecular weight is 286 g/mol. The Balaban J connectivity index is 2.21. The lowest BCUT2D eigenvalue weighted by atomic mass is 10.2. The summed E-state index contributed by atoms with van der Waals surface area (Å²) in [6, 6.07) is 2.08. The maximum Gasteiger partial charge on any atom is 0.225 e. The van der Waals surface area contributed by atoms with Crippen LogP contribution in [0.1, 0.15) is 11.8 Å². The third-order valence-corrected chi connectivity index (χ3v) is 3.67. The summed E-state index contributed by atoms with van der Waals surface area (Å²) in [4.78, 5) is 10.6. The summed E-state index contributed by atoms with van der Waals surface area (Å²) in [7, 11) is 1.71. The van der Waals surface area contributed by atoms with E-state index in [2.05, 4.69) is 35.2 Å². The number of aromatic nitrogens is 2. The van der Waals surface area contributed by atoms with Gasteiger partial charge in [-0.2, -0.15) is 0 Å². The summed E-state index contributed by atoms with van der Waals surface area (Å²) < 4.78 is 5.11. The zero-order valence-electron chi connectivity index (χ0n) is 10.7. The minimum absolute atomic E-state index is 0.284. The lowest BCUT2D eigenvalue weighted by Gasteiger charge is -2.12. The maximum absolute atomic E-state index is 5.93. The molecule has 0 aliphatic rings. The van der Waals surface area contributed by atoms with Gasteiger partial charge in [0.05, 0.1) is 12.0 Å². The van der Waals surface area contributed by atoms with Crippen LogP contribution in [0.25, 0.3) is 10.2 Å². The number of nitrogens with zero attached hydrogens (tertiary/aromatic N) is 2. The van der Waals surface area contributed by atoms with Crippen molar-refractivity contribution in [1.82, 2.24) is 9.97 Å². The minimum atomic E-state index is 0.284. The molecule has 2 rings (SSSR count). The molecule has 2 aromatic rings. The largest absolute Gasteiger partial charge is 0.384 e. The summed E-state index contributed by atoms with van der Waals surface area (Å²) >= 11 is 7.55. The number of anilines is 1. The molecule has 0 bridgehead atoms. The number of aryl methyl sites for hydroxylation is 1. The molecule has 4 nitrogen and oxygen atoms in total. The molecule has 0 saturated heterocycles. The Kier molecular flexibility index (Phi) is 4.37. The first-order valence-corrected chi connectivity index (χ1v) is 6.96. The van der Waals surface area contributed by atoms with Crippen molar-refractivity contribution in [1.29, 1.82) is 0 Å². The van der Waals surface area contributed by atoms with Crippen molar-refractivity contribution in [2.45, 2.75) is 13.8 Å². The van der Waals surface area contributed by atoms with Crippen LogP contribution in [0, 0.1) is 12.8 Å². The molecule has 0 saturated carbocycles. The van der Waals surface area contributed by atoms with E-state index in [0.29, 0.717) is 5.92 Å². The Morgan fingerprint density at radius 2 is 2.28 bits per heavy atom. The number of nitrogens with one attached hydrogen (secondary N) is 1. The number of methoxy groups -OCH3 is 1. The highest BCUT2D eigenvalue weighted by atomic mass is 35.5. The van der Waals surface area contributed by atoms with E-state index in [9.17, 15) is 0 Å². The molecule has 0 fully saturated rings. The van der Waals surface area contributed by atoms with Gasteiger partial charge in [0.2, 0.25) is 5.28 Å². The van der Waals surface area contributed by atoms with Crippen molar-refractivity contribution < 1.29 is 4.74 Å². The van der Waals surface area contributed by atoms with E-state index in [0.717, 1.165) is 29.2 Å². The molecular formula is C12H16ClN3OS. The third kappa shape index (κ3) is 3.10. The predicted molar refractivity (Wildman–Crippen MR) is 76.7 cm³/mol. The van der Waals surface area contributed by atoms with Crippen molar-refractivity contribution in [3.05, 3.63) is 16.2 Å². The first-order chi connectivity index (χ1) is 8.60. The van der Waals surface area contributed by atoms with Crippen LogP contribution in [0.2, 0.25) is 5.28 Å². The molecule has 18 heavy (non-hydrogen) atoms. The molecule has 0 spiro atoms. The second-order valence-electron chi connectivity index (χ2n) is 4.36. The fourth-order valence-corrected chi connectivity index (χ4v) is 2.86. The molecule has 0 aromatic carbocycles. The van der Waals surface area contributed by atoms with E-state index in [1.165, 1.54) is 4.88 Å². The summed E-state index contributed by atoms with van der Waals surface area (Å²) in [5.41, 5.74) is 0. The van der Waals surface area contributed by atoms with E-state index in [1.54, 1.807) is 18.4 Å². The minimum Gasteiger partial charge on any atom is -0.384 e. The standard InChI is InChI=1S/C12H16ClN3OS/c1-7(6-17-3)5-14-10-9-4-8(2)18-11(9)16-12(13)15-10/h4,7H,5-6H2,1-3H3,(H,14,15,16). The lowest BCUT2D eigenvalue weighted by molar-refractivity contribution is 0.164. The molecule has 2 aromatic heterocycles. The van der Waals surface area contributed by atoms with Crippen molar-refractivity contribution in [2.24, 2.45) is 5.92 Å². The van der Waals surface area contributed by atoms with E-state index < -0.39 is 0 Å². The molecule has 0 amide bonds. The number of hydrogen-bond donors (Lipinski definition) is 1. The summed E-state index contributed by atoms with van der Waals surface area (Å²) in [6.07, 6.45) is 0. The van der Waals surface area contributed by atoms with Crippen LogP contribution >= 0.6 is 22.9 Å². The molecule has 0 radical (unpaired) electrons. The van der Waals surface area contributed by atoms with Gasteiger partial charge in [-0.15, -0.1) is 11.3 Å². The van der Waals surface area contributed by atoms with Crippen LogP contribution in [0.5, 0.6) is 0 Å². The highest BCUT2D eigenvalue weighted by molar-refractivity contribution is 7.18. The second-order valence-corrected chi connectivity index (χ2v) is 5.93. The van der Waals surface area contributed by atoms with Gasteiger partial charge in [-0.3, -0.25) is 0 Å². The normalized spacial score (nSPS) is 12.9. The van der Waals surface area contributed by atoms with Crippen LogP contribution in [0.15, 0.2) is 6.07 Å². The van der Waals surface area contributed by atoms with Crippen molar-refractivity contribution in [3.63, 3.8) is 0 Å². The van der Waals surface area contributed by atoms with Gasteiger partial charge in [0.15, 0.2) is 0 Å². The maximum atomic E-state index is 5.93.